The standard InChI is InChI=1S/C17H16F3N3O4/c18-11-10-14(13(20)15(12(11)19)22-4-3-7(21)5-22)23(8-1-2-8)6-9(16(10)24)27-17(25)26/h6-8H,1-5,21H2,(H,25,26). The molecule has 2 aliphatic rings. The van der Waals surface area contributed by atoms with E-state index >= 15 is 4.39 Å². The summed E-state index contributed by atoms with van der Waals surface area (Å²) in [6.45, 7) is 0.417. The number of aromatic nitrogens is 1. The van der Waals surface area contributed by atoms with Gasteiger partial charge in [-0.25, -0.2) is 18.0 Å². The molecule has 7 nitrogen and oxygen atoms in total. The Morgan fingerprint density at radius 2 is 1.89 bits per heavy atom. The van der Waals surface area contributed by atoms with Crippen molar-refractivity contribution < 1.29 is 27.8 Å². The van der Waals surface area contributed by atoms with Crippen LogP contribution in [0.3, 0.4) is 0 Å². The number of carboxylic acid groups (broad SMARTS) is 1. The second kappa shape index (κ2) is 6.15. The molecule has 0 spiro atoms. The summed E-state index contributed by atoms with van der Waals surface area (Å²) >= 11 is 0. The fraction of sp³-hybridized carbons (Fsp3) is 0.412. The van der Waals surface area contributed by atoms with Crippen LogP contribution in [-0.4, -0.2) is 35.0 Å². The second-order valence-electron chi connectivity index (χ2n) is 6.84. The third-order valence-corrected chi connectivity index (χ3v) is 4.92. The fourth-order valence-electron chi connectivity index (χ4n) is 3.53. The van der Waals surface area contributed by atoms with E-state index in [0.29, 0.717) is 19.3 Å². The number of benzene rings is 1. The number of rotatable bonds is 3. The van der Waals surface area contributed by atoms with Crippen LogP contribution in [0.2, 0.25) is 0 Å². The molecule has 3 N–H and O–H groups in total. The predicted molar refractivity (Wildman–Crippen MR) is 89.8 cm³/mol. The van der Waals surface area contributed by atoms with Gasteiger partial charge in [-0.15, -0.1) is 0 Å². The highest BCUT2D eigenvalue weighted by atomic mass is 19.2. The number of carbonyl (C=O) groups is 1. The van der Waals surface area contributed by atoms with Crippen molar-refractivity contribution in [3.8, 4) is 5.75 Å². The van der Waals surface area contributed by atoms with Crippen molar-refractivity contribution >= 4 is 22.7 Å². The number of nitrogens with zero attached hydrogens (tertiary/aromatic N) is 2. The normalized spacial score (nSPS) is 19.7. The lowest BCUT2D eigenvalue weighted by Crippen LogP contribution is -2.28. The number of hydrogen-bond donors (Lipinski definition) is 2. The summed E-state index contributed by atoms with van der Waals surface area (Å²) in [4.78, 5) is 24.6. The van der Waals surface area contributed by atoms with E-state index in [-0.39, 0.29) is 25.2 Å². The van der Waals surface area contributed by atoms with E-state index in [1.54, 1.807) is 0 Å². The summed E-state index contributed by atoms with van der Waals surface area (Å²) in [6, 6.07) is -0.545. The van der Waals surface area contributed by atoms with Gasteiger partial charge in [-0.1, -0.05) is 0 Å². The lowest BCUT2D eigenvalue weighted by molar-refractivity contribution is 0.143. The summed E-state index contributed by atoms with van der Waals surface area (Å²) in [5.74, 6) is -4.79. The van der Waals surface area contributed by atoms with Crippen molar-refractivity contribution in [2.24, 2.45) is 5.73 Å². The Bertz CT molecular complexity index is 1020. The molecule has 4 rings (SSSR count). The largest absolute Gasteiger partial charge is 0.511 e. The Balaban J connectivity index is 2.04. The van der Waals surface area contributed by atoms with Crippen molar-refractivity contribution in [2.75, 3.05) is 18.0 Å². The van der Waals surface area contributed by atoms with Crippen molar-refractivity contribution in [1.82, 2.24) is 4.57 Å². The van der Waals surface area contributed by atoms with Crippen LogP contribution in [-0.2, 0) is 0 Å². The average Bonchev–Trinajstić information content (AvgIpc) is 3.36. The minimum atomic E-state index is -1.78. The Labute approximate surface area is 150 Å². The van der Waals surface area contributed by atoms with Crippen LogP contribution in [0.25, 0.3) is 10.9 Å². The second-order valence-corrected chi connectivity index (χ2v) is 6.84. The number of nitrogens with two attached hydrogens (primary N) is 1. The molecule has 0 amide bonds. The summed E-state index contributed by atoms with van der Waals surface area (Å²) < 4.78 is 50.5. The first-order valence-electron chi connectivity index (χ1n) is 8.46. The molecular formula is C17H16F3N3O4. The van der Waals surface area contributed by atoms with E-state index in [4.69, 9.17) is 10.8 Å². The molecule has 1 saturated carbocycles. The first kappa shape index (κ1) is 17.7. The van der Waals surface area contributed by atoms with Gasteiger partial charge in [-0.2, -0.15) is 0 Å². The lowest BCUT2D eigenvalue weighted by atomic mass is 10.1. The van der Waals surface area contributed by atoms with E-state index in [1.165, 1.54) is 9.47 Å². The van der Waals surface area contributed by atoms with E-state index in [9.17, 15) is 18.4 Å². The Kier molecular flexibility index (Phi) is 4.02. The van der Waals surface area contributed by atoms with Crippen LogP contribution in [0.15, 0.2) is 11.0 Å². The van der Waals surface area contributed by atoms with Crippen LogP contribution >= 0.6 is 0 Å². The minimum Gasteiger partial charge on any atom is -0.449 e. The Morgan fingerprint density at radius 3 is 2.44 bits per heavy atom. The summed E-state index contributed by atoms with van der Waals surface area (Å²) in [5.41, 5.74) is 3.61. The molecule has 1 aromatic heterocycles. The smallest absolute Gasteiger partial charge is 0.449 e. The molecule has 1 unspecified atom stereocenters. The first-order chi connectivity index (χ1) is 12.8. The number of anilines is 1. The first-order valence-corrected chi connectivity index (χ1v) is 8.46. The molecule has 2 heterocycles. The zero-order chi connectivity index (χ0) is 19.5. The van der Waals surface area contributed by atoms with Gasteiger partial charge in [0, 0.05) is 25.2 Å². The molecule has 144 valence electrons. The van der Waals surface area contributed by atoms with Gasteiger partial charge in [-0.05, 0) is 19.3 Å². The van der Waals surface area contributed by atoms with Crippen molar-refractivity contribution in [2.45, 2.75) is 31.3 Å². The molecular weight excluding hydrogens is 367 g/mol. The van der Waals surface area contributed by atoms with Gasteiger partial charge in [0.2, 0.25) is 5.43 Å². The molecule has 2 fully saturated rings. The quantitative estimate of drug-likeness (QED) is 0.624. The van der Waals surface area contributed by atoms with Crippen LogP contribution in [0.5, 0.6) is 5.75 Å². The fourth-order valence-corrected chi connectivity index (χ4v) is 3.53. The summed E-state index contributed by atoms with van der Waals surface area (Å²) in [6.07, 6.45) is 1.02. The van der Waals surface area contributed by atoms with Crippen molar-refractivity contribution in [3.05, 3.63) is 33.9 Å². The van der Waals surface area contributed by atoms with Gasteiger partial charge in [0.05, 0.1) is 17.1 Å². The topological polar surface area (TPSA) is 97.8 Å². The lowest BCUT2D eigenvalue weighted by Gasteiger charge is -2.22. The minimum absolute atomic E-state index is 0.159. The van der Waals surface area contributed by atoms with Gasteiger partial charge in [0.25, 0.3) is 0 Å². The zero-order valence-electron chi connectivity index (χ0n) is 14.0. The molecule has 1 saturated heterocycles. The Morgan fingerprint density at radius 1 is 1.19 bits per heavy atom. The molecule has 1 aromatic carbocycles. The van der Waals surface area contributed by atoms with Gasteiger partial charge >= 0.3 is 6.16 Å². The van der Waals surface area contributed by atoms with Crippen molar-refractivity contribution in [1.29, 1.82) is 0 Å². The monoisotopic (exact) mass is 383 g/mol. The molecule has 1 aliphatic heterocycles. The third-order valence-electron chi connectivity index (χ3n) is 4.92. The van der Waals surface area contributed by atoms with Crippen LogP contribution in [0.4, 0.5) is 23.7 Å². The predicted octanol–water partition coefficient (Wildman–Crippen LogP) is 2.35. The highest BCUT2D eigenvalue weighted by molar-refractivity contribution is 5.86. The van der Waals surface area contributed by atoms with Gasteiger partial charge in [0.15, 0.2) is 23.2 Å². The molecule has 0 radical (unpaired) electrons. The Hall–Kier alpha value is -2.75. The number of halogens is 3. The summed E-state index contributed by atoms with van der Waals surface area (Å²) in [7, 11) is 0. The number of hydrogen-bond acceptors (Lipinski definition) is 5. The molecule has 1 aliphatic carbocycles. The third kappa shape index (κ3) is 2.80. The summed E-state index contributed by atoms with van der Waals surface area (Å²) in [5, 5.41) is 7.91. The highest BCUT2D eigenvalue weighted by Crippen LogP contribution is 2.41. The highest BCUT2D eigenvalue weighted by Gasteiger charge is 2.34. The van der Waals surface area contributed by atoms with Crippen LogP contribution in [0.1, 0.15) is 25.3 Å². The molecule has 27 heavy (non-hydrogen) atoms. The number of ether oxygens (including phenoxy) is 1. The van der Waals surface area contributed by atoms with Crippen LogP contribution < -0.4 is 20.8 Å². The van der Waals surface area contributed by atoms with Gasteiger partial charge in [-0.3, -0.25) is 4.79 Å². The van der Waals surface area contributed by atoms with Gasteiger partial charge < -0.3 is 25.0 Å². The maximum Gasteiger partial charge on any atom is 0.511 e. The SMILES string of the molecule is NC1CCN(c2c(F)c(F)c3c(=O)c(OC(=O)O)cn(C4CC4)c3c2F)C1. The van der Waals surface area contributed by atoms with Crippen LogP contribution in [0, 0.1) is 17.5 Å². The molecule has 0 bridgehead atoms. The van der Waals surface area contributed by atoms with Gasteiger partial charge in [0.1, 0.15) is 5.69 Å². The average molecular weight is 383 g/mol. The maximum absolute atomic E-state index is 15.3. The number of fused-ring (bicyclic) bond motifs is 1. The van der Waals surface area contributed by atoms with E-state index in [0.717, 1.165) is 6.20 Å². The molecule has 10 heteroatoms. The van der Waals surface area contributed by atoms with E-state index in [1.807, 2.05) is 0 Å². The van der Waals surface area contributed by atoms with E-state index in [2.05, 4.69) is 4.74 Å². The number of pyridine rings is 1. The van der Waals surface area contributed by atoms with Crippen molar-refractivity contribution in [3.63, 3.8) is 0 Å². The molecule has 2 aromatic rings. The molecule has 1 atom stereocenters. The maximum atomic E-state index is 15.3. The zero-order valence-corrected chi connectivity index (χ0v) is 14.0. The van der Waals surface area contributed by atoms with E-state index < -0.39 is 51.4 Å².